The summed E-state index contributed by atoms with van der Waals surface area (Å²) in [6, 6.07) is 13.9. The first-order valence-corrected chi connectivity index (χ1v) is 7.53. The molecule has 0 bridgehead atoms. The Balaban J connectivity index is 1.96. The van der Waals surface area contributed by atoms with Gasteiger partial charge in [-0.15, -0.1) is 0 Å². The molecule has 0 aliphatic carbocycles. The average molecular weight is 333 g/mol. The maximum Gasteiger partial charge on any atom is 0.262 e. The Labute approximate surface area is 139 Å². The summed E-state index contributed by atoms with van der Waals surface area (Å²) in [4.78, 5) is 23.4. The van der Waals surface area contributed by atoms with Crippen LogP contribution in [0.2, 0.25) is 5.02 Å². The molecule has 0 saturated carbocycles. The Morgan fingerprint density at radius 2 is 1.78 bits per heavy atom. The van der Waals surface area contributed by atoms with Gasteiger partial charge in [-0.25, -0.2) is 0 Å². The molecule has 6 heteroatoms. The van der Waals surface area contributed by atoms with Crippen LogP contribution in [0.15, 0.2) is 48.5 Å². The van der Waals surface area contributed by atoms with E-state index >= 15 is 0 Å². The molecule has 0 radical (unpaired) electrons. The van der Waals surface area contributed by atoms with Gasteiger partial charge in [0.2, 0.25) is 5.91 Å². The standard InChI is InChI=1S/C17H17ClN2O3/c1-2-16(21)19-12-8-9-14(18)15(10-12)20-17(22)11-23-13-6-4-3-5-7-13/h3-10H,2,11H2,1H3,(H,19,21)(H,20,22). The van der Waals surface area contributed by atoms with Crippen molar-refractivity contribution < 1.29 is 14.3 Å². The van der Waals surface area contributed by atoms with E-state index in [2.05, 4.69) is 10.6 Å². The van der Waals surface area contributed by atoms with Gasteiger partial charge in [0.25, 0.3) is 5.91 Å². The fraction of sp³-hybridized carbons (Fsp3) is 0.176. The van der Waals surface area contributed by atoms with E-state index in [0.29, 0.717) is 28.6 Å². The second-order valence-electron chi connectivity index (χ2n) is 4.75. The number of rotatable bonds is 6. The van der Waals surface area contributed by atoms with Crippen molar-refractivity contribution in [3.63, 3.8) is 0 Å². The highest BCUT2D eigenvalue weighted by Gasteiger charge is 2.09. The zero-order valence-corrected chi connectivity index (χ0v) is 13.4. The number of carbonyl (C=O) groups excluding carboxylic acids is 2. The molecular weight excluding hydrogens is 316 g/mol. The Kier molecular flexibility index (Phi) is 6.00. The van der Waals surface area contributed by atoms with Crippen molar-refractivity contribution in [2.24, 2.45) is 0 Å². The normalized spacial score (nSPS) is 10.0. The summed E-state index contributed by atoms with van der Waals surface area (Å²) >= 11 is 6.06. The minimum atomic E-state index is -0.338. The molecule has 2 N–H and O–H groups in total. The highest BCUT2D eigenvalue weighted by Crippen LogP contribution is 2.25. The number of hydrogen-bond acceptors (Lipinski definition) is 3. The van der Waals surface area contributed by atoms with Gasteiger partial charge >= 0.3 is 0 Å². The van der Waals surface area contributed by atoms with E-state index in [-0.39, 0.29) is 18.4 Å². The van der Waals surface area contributed by atoms with Crippen molar-refractivity contribution >= 4 is 34.8 Å². The van der Waals surface area contributed by atoms with Gasteiger partial charge in [-0.2, -0.15) is 0 Å². The van der Waals surface area contributed by atoms with Gasteiger partial charge < -0.3 is 15.4 Å². The third-order valence-corrected chi connectivity index (χ3v) is 3.29. The lowest BCUT2D eigenvalue weighted by Gasteiger charge is -2.11. The van der Waals surface area contributed by atoms with E-state index in [9.17, 15) is 9.59 Å². The molecule has 5 nitrogen and oxygen atoms in total. The van der Waals surface area contributed by atoms with Crippen LogP contribution >= 0.6 is 11.6 Å². The monoisotopic (exact) mass is 332 g/mol. The third-order valence-electron chi connectivity index (χ3n) is 2.96. The Hall–Kier alpha value is -2.53. The van der Waals surface area contributed by atoms with Crippen molar-refractivity contribution in [3.05, 3.63) is 53.6 Å². The van der Waals surface area contributed by atoms with Crippen molar-refractivity contribution in [1.82, 2.24) is 0 Å². The molecule has 0 unspecified atom stereocenters. The van der Waals surface area contributed by atoms with Crippen molar-refractivity contribution in [1.29, 1.82) is 0 Å². The molecule has 2 amide bonds. The molecule has 0 aromatic heterocycles. The molecule has 120 valence electrons. The molecule has 0 fully saturated rings. The Morgan fingerprint density at radius 1 is 1.04 bits per heavy atom. The molecule has 0 heterocycles. The van der Waals surface area contributed by atoms with Gasteiger partial charge in [-0.05, 0) is 30.3 Å². The fourth-order valence-corrected chi connectivity index (χ4v) is 1.96. The van der Waals surface area contributed by atoms with E-state index in [1.807, 2.05) is 18.2 Å². The van der Waals surface area contributed by atoms with Gasteiger partial charge in [-0.1, -0.05) is 36.7 Å². The lowest BCUT2D eigenvalue weighted by Crippen LogP contribution is -2.20. The Bertz CT molecular complexity index is 689. The summed E-state index contributed by atoms with van der Waals surface area (Å²) in [6.45, 7) is 1.63. The number of anilines is 2. The number of carbonyl (C=O) groups is 2. The highest BCUT2D eigenvalue weighted by atomic mass is 35.5. The first-order chi connectivity index (χ1) is 11.1. The van der Waals surface area contributed by atoms with Crippen LogP contribution < -0.4 is 15.4 Å². The van der Waals surface area contributed by atoms with Gasteiger partial charge in [0, 0.05) is 12.1 Å². The van der Waals surface area contributed by atoms with E-state index in [1.54, 1.807) is 37.3 Å². The molecule has 0 aliphatic heterocycles. The summed E-state index contributed by atoms with van der Waals surface area (Å²) in [5.74, 6) is 0.157. The van der Waals surface area contributed by atoms with Gasteiger partial charge in [-0.3, -0.25) is 9.59 Å². The largest absolute Gasteiger partial charge is 0.484 e. The van der Waals surface area contributed by atoms with Gasteiger partial charge in [0.05, 0.1) is 10.7 Å². The molecule has 2 rings (SSSR count). The zero-order chi connectivity index (χ0) is 16.7. The summed E-state index contributed by atoms with van der Waals surface area (Å²) < 4.78 is 5.37. The molecular formula is C17H17ClN2O3. The van der Waals surface area contributed by atoms with Crippen LogP contribution in [0.1, 0.15) is 13.3 Å². The van der Waals surface area contributed by atoms with Gasteiger partial charge in [0.1, 0.15) is 5.75 Å². The molecule has 2 aromatic carbocycles. The molecule has 0 aliphatic rings. The minimum Gasteiger partial charge on any atom is -0.484 e. The fourth-order valence-electron chi connectivity index (χ4n) is 1.80. The first kappa shape index (κ1) is 16.8. The lowest BCUT2D eigenvalue weighted by atomic mass is 10.2. The van der Waals surface area contributed by atoms with Gasteiger partial charge in [0.15, 0.2) is 6.61 Å². The van der Waals surface area contributed by atoms with E-state index in [0.717, 1.165) is 0 Å². The van der Waals surface area contributed by atoms with E-state index in [4.69, 9.17) is 16.3 Å². The van der Waals surface area contributed by atoms with E-state index < -0.39 is 0 Å². The number of amides is 2. The molecule has 0 saturated heterocycles. The molecule has 23 heavy (non-hydrogen) atoms. The second-order valence-corrected chi connectivity index (χ2v) is 5.15. The van der Waals surface area contributed by atoms with E-state index in [1.165, 1.54) is 0 Å². The lowest BCUT2D eigenvalue weighted by molar-refractivity contribution is -0.118. The minimum absolute atomic E-state index is 0.114. The SMILES string of the molecule is CCC(=O)Nc1ccc(Cl)c(NC(=O)COc2ccccc2)c1. The van der Waals surface area contributed by atoms with Crippen LogP contribution in [-0.2, 0) is 9.59 Å². The van der Waals surface area contributed by atoms with Crippen LogP contribution in [0, 0.1) is 0 Å². The zero-order valence-electron chi connectivity index (χ0n) is 12.6. The third kappa shape index (κ3) is 5.30. The summed E-state index contributed by atoms with van der Waals surface area (Å²) in [5.41, 5.74) is 0.989. The summed E-state index contributed by atoms with van der Waals surface area (Å²) in [7, 11) is 0. The number of hydrogen-bond donors (Lipinski definition) is 2. The number of benzene rings is 2. The van der Waals surface area contributed by atoms with Crippen LogP contribution in [0.5, 0.6) is 5.75 Å². The highest BCUT2D eigenvalue weighted by molar-refractivity contribution is 6.33. The van der Waals surface area contributed by atoms with Crippen LogP contribution in [-0.4, -0.2) is 18.4 Å². The predicted octanol–water partition coefficient (Wildman–Crippen LogP) is 3.71. The maximum absolute atomic E-state index is 11.9. The summed E-state index contributed by atoms with van der Waals surface area (Å²) in [6.07, 6.45) is 0.370. The number of nitrogens with one attached hydrogen (secondary N) is 2. The smallest absolute Gasteiger partial charge is 0.262 e. The van der Waals surface area contributed by atoms with Crippen molar-refractivity contribution in [3.8, 4) is 5.75 Å². The maximum atomic E-state index is 11.9. The predicted molar refractivity (Wildman–Crippen MR) is 90.9 cm³/mol. The quantitative estimate of drug-likeness (QED) is 0.847. The molecule has 0 spiro atoms. The Morgan fingerprint density at radius 3 is 2.48 bits per heavy atom. The number of halogens is 1. The second kappa shape index (κ2) is 8.19. The van der Waals surface area contributed by atoms with Crippen LogP contribution in [0.25, 0.3) is 0 Å². The van der Waals surface area contributed by atoms with Crippen molar-refractivity contribution in [2.45, 2.75) is 13.3 Å². The molecule has 0 atom stereocenters. The first-order valence-electron chi connectivity index (χ1n) is 7.15. The van der Waals surface area contributed by atoms with Crippen molar-refractivity contribution in [2.75, 3.05) is 17.2 Å². The van der Waals surface area contributed by atoms with Crippen LogP contribution in [0.3, 0.4) is 0 Å². The topological polar surface area (TPSA) is 67.4 Å². The summed E-state index contributed by atoms with van der Waals surface area (Å²) in [5, 5.41) is 5.76. The molecule has 2 aromatic rings. The van der Waals surface area contributed by atoms with Crippen LogP contribution in [0.4, 0.5) is 11.4 Å². The number of para-hydroxylation sites is 1. The number of ether oxygens (including phenoxy) is 1. The average Bonchev–Trinajstić information content (AvgIpc) is 2.57.